The molecule has 1 amide bonds. The summed E-state index contributed by atoms with van der Waals surface area (Å²) >= 11 is 0. The van der Waals surface area contributed by atoms with Crippen LogP contribution in [0, 0.1) is 0 Å². The van der Waals surface area contributed by atoms with Crippen LogP contribution in [0.15, 0.2) is 48.9 Å². The highest BCUT2D eigenvalue weighted by Crippen LogP contribution is 2.22. The quantitative estimate of drug-likeness (QED) is 0.827. The lowest BCUT2D eigenvalue weighted by molar-refractivity contribution is 0.0695. The first-order valence-corrected chi connectivity index (χ1v) is 9.64. The van der Waals surface area contributed by atoms with Crippen molar-refractivity contribution in [3.05, 3.63) is 60.2 Å². The second-order valence-corrected chi connectivity index (χ2v) is 6.93. The Balaban J connectivity index is 1.55. The van der Waals surface area contributed by atoms with Gasteiger partial charge >= 0.3 is 0 Å². The van der Waals surface area contributed by atoms with Gasteiger partial charge in [-0.05, 0) is 43.0 Å². The maximum absolute atomic E-state index is 12.5. The van der Waals surface area contributed by atoms with Gasteiger partial charge in [0.2, 0.25) is 0 Å². The number of rotatable bonds is 7. The first-order chi connectivity index (χ1) is 12.8. The van der Waals surface area contributed by atoms with Crippen molar-refractivity contribution in [2.75, 3.05) is 13.1 Å². The van der Waals surface area contributed by atoms with E-state index in [4.69, 9.17) is 0 Å². The third-order valence-corrected chi connectivity index (χ3v) is 5.04. The molecule has 0 spiro atoms. The zero-order valence-corrected chi connectivity index (χ0v) is 15.5. The summed E-state index contributed by atoms with van der Waals surface area (Å²) in [6.07, 6.45) is 10.9. The van der Waals surface area contributed by atoms with Crippen molar-refractivity contribution in [1.29, 1.82) is 0 Å². The minimum absolute atomic E-state index is 0.0406. The van der Waals surface area contributed by atoms with Crippen molar-refractivity contribution in [2.24, 2.45) is 0 Å². The highest BCUT2D eigenvalue weighted by atomic mass is 16.2. The molecule has 2 aromatic heterocycles. The molecule has 5 nitrogen and oxygen atoms in total. The molecule has 3 heterocycles. The van der Waals surface area contributed by atoms with Crippen molar-refractivity contribution in [3.8, 4) is 0 Å². The summed E-state index contributed by atoms with van der Waals surface area (Å²) in [5, 5.41) is 3.81. The molecule has 1 atom stereocenters. The lowest BCUT2D eigenvalue weighted by Gasteiger charge is -2.34. The Hall–Kier alpha value is -2.27. The molecule has 138 valence electrons. The van der Waals surface area contributed by atoms with Crippen molar-refractivity contribution in [3.63, 3.8) is 0 Å². The molecule has 5 heteroatoms. The molecule has 0 radical (unpaired) electrons. The number of unbranched alkanes of at least 4 members (excludes halogenated alkanes) is 1. The van der Waals surface area contributed by atoms with Gasteiger partial charge in [-0.2, -0.15) is 0 Å². The number of nitrogens with one attached hydrogen (secondary N) is 1. The lowest BCUT2D eigenvalue weighted by atomic mass is 9.98. The van der Waals surface area contributed by atoms with Crippen molar-refractivity contribution in [2.45, 2.75) is 51.1 Å². The van der Waals surface area contributed by atoms with Gasteiger partial charge in [-0.25, -0.2) is 0 Å². The second-order valence-electron chi connectivity index (χ2n) is 6.93. The molecule has 1 unspecified atom stereocenters. The first-order valence-electron chi connectivity index (χ1n) is 9.64. The van der Waals surface area contributed by atoms with Crippen molar-refractivity contribution < 1.29 is 4.79 Å². The molecule has 0 saturated carbocycles. The maximum atomic E-state index is 12.5. The molecular weight excluding hydrogens is 324 g/mol. The zero-order chi connectivity index (χ0) is 18.2. The predicted octanol–water partition coefficient (Wildman–Crippen LogP) is 3.60. The molecule has 0 aliphatic carbocycles. The summed E-state index contributed by atoms with van der Waals surface area (Å²) < 4.78 is 0. The van der Waals surface area contributed by atoms with E-state index in [0.29, 0.717) is 17.8 Å². The van der Waals surface area contributed by atoms with E-state index in [0.717, 1.165) is 32.4 Å². The number of carbonyl (C=O) groups excluding carboxylic acids is 1. The van der Waals surface area contributed by atoms with Crippen LogP contribution in [0.25, 0.3) is 0 Å². The Kier molecular flexibility index (Phi) is 6.72. The van der Waals surface area contributed by atoms with Crippen LogP contribution in [0.1, 0.15) is 61.1 Å². The van der Waals surface area contributed by atoms with Gasteiger partial charge in [-0.15, -0.1) is 0 Å². The van der Waals surface area contributed by atoms with Crippen LogP contribution >= 0.6 is 0 Å². The van der Waals surface area contributed by atoms with Crippen LogP contribution in [-0.2, 0) is 0 Å². The van der Waals surface area contributed by atoms with Gasteiger partial charge in [0.1, 0.15) is 5.69 Å². The average molecular weight is 352 g/mol. The monoisotopic (exact) mass is 352 g/mol. The van der Waals surface area contributed by atoms with E-state index in [1.54, 1.807) is 12.3 Å². The predicted molar refractivity (Wildman–Crippen MR) is 103 cm³/mol. The topological polar surface area (TPSA) is 58.1 Å². The van der Waals surface area contributed by atoms with Gasteiger partial charge in [0.15, 0.2) is 0 Å². The number of piperidine rings is 1. The number of amides is 1. The number of carbonyl (C=O) groups is 1. The van der Waals surface area contributed by atoms with Gasteiger partial charge < -0.3 is 10.2 Å². The fraction of sp³-hybridized carbons (Fsp3) is 0.476. The molecule has 0 aromatic carbocycles. The largest absolute Gasteiger partial charge is 0.337 e. The molecule has 1 saturated heterocycles. The summed E-state index contributed by atoms with van der Waals surface area (Å²) in [6, 6.07) is 10.4. The van der Waals surface area contributed by atoms with E-state index in [1.165, 1.54) is 18.4 Å². The first kappa shape index (κ1) is 18.5. The molecule has 1 fully saturated rings. The summed E-state index contributed by atoms with van der Waals surface area (Å²) in [7, 11) is 0. The van der Waals surface area contributed by atoms with E-state index in [1.807, 2.05) is 35.5 Å². The molecule has 3 rings (SSSR count). The van der Waals surface area contributed by atoms with Gasteiger partial charge in [-0.3, -0.25) is 14.8 Å². The van der Waals surface area contributed by atoms with Crippen LogP contribution in [-0.4, -0.2) is 39.9 Å². The Morgan fingerprint density at radius 1 is 1.23 bits per heavy atom. The van der Waals surface area contributed by atoms with E-state index in [2.05, 4.69) is 28.3 Å². The number of aromatic nitrogens is 2. The molecule has 26 heavy (non-hydrogen) atoms. The highest BCUT2D eigenvalue weighted by Gasteiger charge is 2.26. The number of likely N-dealkylation sites (tertiary alicyclic amines) is 1. The molecular formula is C21H28N4O. The summed E-state index contributed by atoms with van der Waals surface area (Å²) in [5.74, 6) is 0.0406. The fourth-order valence-electron chi connectivity index (χ4n) is 3.52. The second kappa shape index (κ2) is 9.43. The van der Waals surface area contributed by atoms with Crippen LogP contribution < -0.4 is 5.32 Å². The molecule has 2 aromatic rings. The summed E-state index contributed by atoms with van der Waals surface area (Å²) in [6.45, 7) is 3.78. The van der Waals surface area contributed by atoms with E-state index in [-0.39, 0.29) is 5.91 Å². The summed E-state index contributed by atoms with van der Waals surface area (Å²) in [4.78, 5) is 22.9. The minimum atomic E-state index is 0.0406. The van der Waals surface area contributed by atoms with Crippen LogP contribution in [0.5, 0.6) is 0 Å². The SMILES string of the molecule is CCCCC(NC1CCN(C(=O)c2ccccn2)CC1)c1cccnc1. The Labute approximate surface area is 155 Å². The van der Waals surface area contributed by atoms with Gasteiger partial charge in [-0.1, -0.05) is 31.9 Å². The van der Waals surface area contributed by atoms with E-state index >= 15 is 0 Å². The molecule has 1 aliphatic heterocycles. The van der Waals surface area contributed by atoms with Crippen LogP contribution in [0.4, 0.5) is 0 Å². The number of hydrogen-bond acceptors (Lipinski definition) is 4. The lowest BCUT2D eigenvalue weighted by Crippen LogP contribution is -2.46. The smallest absolute Gasteiger partial charge is 0.272 e. The third kappa shape index (κ3) is 4.88. The molecule has 0 bridgehead atoms. The number of pyridine rings is 2. The van der Waals surface area contributed by atoms with E-state index in [9.17, 15) is 4.79 Å². The van der Waals surface area contributed by atoms with Gasteiger partial charge in [0, 0.05) is 43.8 Å². The minimum Gasteiger partial charge on any atom is -0.337 e. The Bertz CT molecular complexity index is 669. The normalized spacial score (nSPS) is 16.4. The van der Waals surface area contributed by atoms with Crippen LogP contribution in [0.3, 0.4) is 0 Å². The maximum Gasteiger partial charge on any atom is 0.272 e. The highest BCUT2D eigenvalue weighted by molar-refractivity contribution is 5.92. The Morgan fingerprint density at radius 3 is 2.73 bits per heavy atom. The van der Waals surface area contributed by atoms with Gasteiger partial charge in [0.25, 0.3) is 5.91 Å². The molecule has 1 N–H and O–H groups in total. The number of nitrogens with zero attached hydrogens (tertiary/aromatic N) is 3. The van der Waals surface area contributed by atoms with Crippen molar-refractivity contribution in [1.82, 2.24) is 20.2 Å². The number of hydrogen-bond donors (Lipinski definition) is 1. The average Bonchev–Trinajstić information content (AvgIpc) is 2.72. The fourth-order valence-corrected chi connectivity index (χ4v) is 3.52. The Morgan fingerprint density at radius 2 is 2.08 bits per heavy atom. The third-order valence-electron chi connectivity index (χ3n) is 5.04. The zero-order valence-electron chi connectivity index (χ0n) is 15.5. The van der Waals surface area contributed by atoms with Gasteiger partial charge in [0.05, 0.1) is 0 Å². The van der Waals surface area contributed by atoms with Crippen LogP contribution in [0.2, 0.25) is 0 Å². The molecule has 1 aliphatic rings. The standard InChI is InChI=1S/C21H28N4O/c1-2-3-8-19(17-7-6-12-22-16-17)24-18-10-14-25(15-11-18)21(26)20-9-4-5-13-23-20/h4-7,9,12-13,16,18-19,24H,2-3,8,10-11,14-15H2,1H3. The van der Waals surface area contributed by atoms with E-state index < -0.39 is 0 Å². The van der Waals surface area contributed by atoms with Crippen molar-refractivity contribution >= 4 is 5.91 Å². The summed E-state index contributed by atoms with van der Waals surface area (Å²) in [5.41, 5.74) is 1.79.